The molecular formula is C11H14BrNO2. The molecule has 1 aromatic rings. The van der Waals surface area contributed by atoms with Gasteiger partial charge in [-0.3, -0.25) is 4.79 Å². The maximum atomic E-state index is 11.8. The highest BCUT2D eigenvalue weighted by molar-refractivity contribution is 9.10. The number of aliphatic hydroxyl groups is 1. The number of carbonyl (C=O) groups is 1. The van der Waals surface area contributed by atoms with Gasteiger partial charge in [-0.15, -0.1) is 0 Å². The molecule has 0 fully saturated rings. The summed E-state index contributed by atoms with van der Waals surface area (Å²) in [4.78, 5) is 13.3. The van der Waals surface area contributed by atoms with Crippen molar-refractivity contribution in [3.8, 4) is 0 Å². The van der Waals surface area contributed by atoms with Crippen molar-refractivity contribution in [2.45, 2.75) is 6.92 Å². The van der Waals surface area contributed by atoms with E-state index in [0.717, 1.165) is 10.0 Å². The highest BCUT2D eigenvalue weighted by Crippen LogP contribution is 2.16. The van der Waals surface area contributed by atoms with Gasteiger partial charge in [0.25, 0.3) is 5.91 Å². The number of benzene rings is 1. The molecule has 0 bridgehead atoms. The van der Waals surface area contributed by atoms with Crippen molar-refractivity contribution in [3.63, 3.8) is 0 Å². The van der Waals surface area contributed by atoms with Crippen molar-refractivity contribution in [2.75, 3.05) is 20.2 Å². The number of hydrogen-bond donors (Lipinski definition) is 1. The first kappa shape index (κ1) is 12.2. The molecule has 3 nitrogen and oxygen atoms in total. The van der Waals surface area contributed by atoms with Gasteiger partial charge in [0, 0.05) is 23.6 Å². The highest BCUT2D eigenvalue weighted by atomic mass is 79.9. The quantitative estimate of drug-likeness (QED) is 0.911. The summed E-state index contributed by atoms with van der Waals surface area (Å²) in [6.07, 6.45) is 0. The van der Waals surface area contributed by atoms with Crippen molar-refractivity contribution in [2.24, 2.45) is 0 Å². The molecular weight excluding hydrogens is 258 g/mol. The summed E-state index contributed by atoms with van der Waals surface area (Å²) < 4.78 is 0.892. The third-order valence-electron chi connectivity index (χ3n) is 2.07. The van der Waals surface area contributed by atoms with Crippen LogP contribution in [0.1, 0.15) is 15.9 Å². The SMILES string of the molecule is Cc1cc(Br)cc(C(=O)N(C)CCO)c1. The second-order valence-electron chi connectivity index (χ2n) is 3.47. The summed E-state index contributed by atoms with van der Waals surface area (Å²) in [5, 5.41) is 8.74. The maximum Gasteiger partial charge on any atom is 0.253 e. The van der Waals surface area contributed by atoms with Crippen molar-refractivity contribution < 1.29 is 9.90 Å². The molecule has 0 aromatic heterocycles. The van der Waals surface area contributed by atoms with Crippen LogP contribution < -0.4 is 0 Å². The van der Waals surface area contributed by atoms with Gasteiger partial charge in [0.2, 0.25) is 0 Å². The molecule has 4 heteroatoms. The molecule has 15 heavy (non-hydrogen) atoms. The Morgan fingerprint density at radius 1 is 1.47 bits per heavy atom. The number of rotatable bonds is 3. The van der Waals surface area contributed by atoms with Gasteiger partial charge in [0.1, 0.15) is 0 Å². The first-order chi connectivity index (χ1) is 7.04. The smallest absolute Gasteiger partial charge is 0.253 e. The van der Waals surface area contributed by atoms with Crippen LogP contribution in [0.25, 0.3) is 0 Å². The van der Waals surface area contributed by atoms with Gasteiger partial charge in [-0.25, -0.2) is 0 Å². The predicted molar refractivity (Wildman–Crippen MR) is 62.9 cm³/mol. The second kappa shape index (κ2) is 5.28. The standard InChI is InChI=1S/C11H14BrNO2/c1-8-5-9(7-10(12)6-8)11(15)13(2)3-4-14/h5-7,14H,3-4H2,1-2H3. The van der Waals surface area contributed by atoms with Crippen LogP contribution in [0.2, 0.25) is 0 Å². The van der Waals surface area contributed by atoms with E-state index in [9.17, 15) is 4.79 Å². The van der Waals surface area contributed by atoms with Crippen LogP contribution in [-0.4, -0.2) is 36.1 Å². The lowest BCUT2D eigenvalue weighted by molar-refractivity contribution is 0.0767. The summed E-state index contributed by atoms with van der Waals surface area (Å²) in [7, 11) is 1.68. The zero-order chi connectivity index (χ0) is 11.4. The summed E-state index contributed by atoms with van der Waals surface area (Å²) in [5.41, 5.74) is 1.67. The summed E-state index contributed by atoms with van der Waals surface area (Å²) in [5.74, 6) is -0.0755. The molecule has 1 aromatic carbocycles. The molecule has 1 amide bonds. The minimum atomic E-state index is -0.0755. The number of carbonyl (C=O) groups excluding carboxylic acids is 1. The fraction of sp³-hybridized carbons (Fsp3) is 0.364. The molecule has 0 unspecified atom stereocenters. The fourth-order valence-electron chi connectivity index (χ4n) is 1.33. The zero-order valence-electron chi connectivity index (χ0n) is 8.83. The molecule has 0 aliphatic heterocycles. The van der Waals surface area contributed by atoms with Crippen LogP contribution in [0.4, 0.5) is 0 Å². The van der Waals surface area contributed by atoms with E-state index in [1.165, 1.54) is 4.90 Å². The number of aliphatic hydroxyl groups excluding tert-OH is 1. The topological polar surface area (TPSA) is 40.5 Å². The van der Waals surface area contributed by atoms with E-state index in [0.29, 0.717) is 12.1 Å². The zero-order valence-corrected chi connectivity index (χ0v) is 10.4. The van der Waals surface area contributed by atoms with Crippen molar-refractivity contribution in [1.29, 1.82) is 0 Å². The molecule has 0 saturated heterocycles. The second-order valence-corrected chi connectivity index (χ2v) is 4.38. The number of likely N-dealkylation sites (N-methyl/N-ethyl adjacent to an activating group) is 1. The third-order valence-corrected chi connectivity index (χ3v) is 2.53. The Hall–Kier alpha value is -0.870. The Morgan fingerprint density at radius 2 is 2.13 bits per heavy atom. The molecule has 1 N–H and O–H groups in total. The fourth-order valence-corrected chi connectivity index (χ4v) is 1.94. The van der Waals surface area contributed by atoms with E-state index in [-0.39, 0.29) is 12.5 Å². The van der Waals surface area contributed by atoms with Crippen LogP contribution in [0.15, 0.2) is 22.7 Å². The van der Waals surface area contributed by atoms with Gasteiger partial charge >= 0.3 is 0 Å². The molecule has 1 rings (SSSR count). The van der Waals surface area contributed by atoms with Gasteiger partial charge < -0.3 is 10.0 Å². The predicted octanol–water partition coefficient (Wildman–Crippen LogP) is 1.82. The average Bonchev–Trinajstić information content (AvgIpc) is 2.15. The van der Waals surface area contributed by atoms with Crippen LogP contribution in [0.5, 0.6) is 0 Å². The molecule has 0 aliphatic carbocycles. The number of nitrogens with zero attached hydrogens (tertiary/aromatic N) is 1. The normalized spacial score (nSPS) is 10.1. The largest absolute Gasteiger partial charge is 0.395 e. The first-order valence-corrected chi connectivity index (χ1v) is 5.47. The average molecular weight is 272 g/mol. The van der Waals surface area contributed by atoms with Crippen molar-refractivity contribution in [1.82, 2.24) is 4.90 Å². The molecule has 0 aliphatic rings. The Balaban J connectivity index is 2.90. The number of amides is 1. The van der Waals surface area contributed by atoms with Crippen molar-refractivity contribution in [3.05, 3.63) is 33.8 Å². The number of aryl methyl sites for hydroxylation is 1. The van der Waals surface area contributed by atoms with E-state index in [2.05, 4.69) is 15.9 Å². The Morgan fingerprint density at radius 3 is 2.67 bits per heavy atom. The number of hydrogen-bond acceptors (Lipinski definition) is 2. The lowest BCUT2D eigenvalue weighted by Crippen LogP contribution is -2.29. The van der Waals surface area contributed by atoms with Crippen molar-refractivity contribution >= 4 is 21.8 Å². The lowest BCUT2D eigenvalue weighted by Gasteiger charge is -2.16. The van der Waals surface area contributed by atoms with E-state index in [1.54, 1.807) is 13.1 Å². The Labute approximate surface area is 97.8 Å². The molecule has 0 heterocycles. The van der Waals surface area contributed by atoms with Gasteiger partial charge in [-0.05, 0) is 30.7 Å². The summed E-state index contributed by atoms with van der Waals surface area (Å²) >= 11 is 3.35. The molecule has 0 saturated carbocycles. The minimum Gasteiger partial charge on any atom is -0.395 e. The van der Waals surface area contributed by atoms with Gasteiger partial charge in [-0.1, -0.05) is 15.9 Å². The number of halogens is 1. The minimum absolute atomic E-state index is 0.0186. The lowest BCUT2D eigenvalue weighted by atomic mass is 10.1. The van der Waals surface area contributed by atoms with Gasteiger partial charge in [-0.2, -0.15) is 0 Å². The Bertz CT molecular complexity index is 345. The molecule has 0 radical (unpaired) electrons. The van der Waals surface area contributed by atoms with Gasteiger partial charge in [0.05, 0.1) is 6.61 Å². The van der Waals surface area contributed by atoms with Crippen LogP contribution in [0.3, 0.4) is 0 Å². The molecule has 82 valence electrons. The van der Waals surface area contributed by atoms with Crippen LogP contribution in [0, 0.1) is 6.92 Å². The molecule has 0 spiro atoms. The van der Waals surface area contributed by atoms with Crippen LogP contribution >= 0.6 is 15.9 Å². The molecule has 0 atom stereocenters. The Kier molecular flexibility index (Phi) is 4.29. The highest BCUT2D eigenvalue weighted by Gasteiger charge is 2.11. The van der Waals surface area contributed by atoms with E-state index in [4.69, 9.17) is 5.11 Å². The monoisotopic (exact) mass is 271 g/mol. The van der Waals surface area contributed by atoms with E-state index < -0.39 is 0 Å². The summed E-state index contributed by atoms with van der Waals surface area (Å²) in [6.45, 7) is 2.27. The van der Waals surface area contributed by atoms with E-state index >= 15 is 0 Å². The van der Waals surface area contributed by atoms with Gasteiger partial charge in [0.15, 0.2) is 0 Å². The summed E-state index contributed by atoms with van der Waals surface area (Å²) in [6, 6.07) is 5.56. The third kappa shape index (κ3) is 3.32. The first-order valence-electron chi connectivity index (χ1n) is 4.68. The maximum absolute atomic E-state index is 11.8. The van der Waals surface area contributed by atoms with Crippen LogP contribution in [-0.2, 0) is 0 Å². The van der Waals surface area contributed by atoms with E-state index in [1.807, 2.05) is 19.1 Å².